The van der Waals surface area contributed by atoms with Crippen molar-refractivity contribution in [2.45, 2.75) is 19.9 Å². The molecule has 4 nitrogen and oxygen atoms in total. The predicted octanol–water partition coefficient (Wildman–Crippen LogP) is 3.57. The number of aliphatic imine (C=N–C) groups is 1. The first-order valence-corrected chi connectivity index (χ1v) is 7.66. The molecule has 2 N–H and O–H groups in total. The largest absolute Gasteiger partial charge is 0.356 e. The van der Waals surface area contributed by atoms with Crippen molar-refractivity contribution in [2.75, 3.05) is 13.6 Å². The van der Waals surface area contributed by atoms with Crippen LogP contribution >= 0.6 is 35.6 Å². The van der Waals surface area contributed by atoms with E-state index in [0.717, 1.165) is 31.0 Å². The Morgan fingerprint density at radius 2 is 1.96 bits per heavy atom. The second kappa shape index (κ2) is 10.4. The highest BCUT2D eigenvalue weighted by molar-refractivity contribution is 14.0. The van der Waals surface area contributed by atoms with E-state index in [2.05, 4.69) is 39.7 Å². The third-order valence-electron chi connectivity index (χ3n) is 3.43. The van der Waals surface area contributed by atoms with Crippen LogP contribution in [0.4, 0.5) is 0 Å². The summed E-state index contributed by atoms with van der Waals surface area (Å²) in [6, 6.07) is 12.1. The Kier molecular flexibility index (Phi) is 8.94. The molecule has 0 saturated heterocycles. The number of aryl methyl sites for hydroxylation is 1. The summed E-state index contributed by atoms with van der Waals surface area (Å²) in [6.07, 6.45) is 2.67. The monoisotopic (exact) mass is 444 g/mol. The number of nitrogens with zero attached hydrogens (tertiary/aromatic N) is 2. The molecule has 0 aliphatic heterocycles. The number of benzene rings is 1. The van der Waals surface area contributed by atoms with Crippen molar-refractivity contribution in [1.29, 1.82) is 0 Å². The number of halogens is 2. The van der Waals surface area contributed by atoms with Gasteiger partial charge in [0.15, 0.2) is 5.96 Å². The summed E-state index contributed by atoms with van der Waals surface area (Å²) in [5.74, 6) is 0.796. The Balaban J connectivity index is 0.00000264. The van der Waals surface area contributed by atoms with Gasteiger partial charge in [-0.05, 0) is 36.1 Å². The van der Waals surface area contributed by atoms with E-state index in [9.17, 15) is 0 Å². The second-order valence-corrected chi connectivity index (χ2v) is 5.41. The van der Waals surface area contributed by atoms with Gasteiger partial charge in [0.1, 0.15) is 5.15 Å². The Labute approximate surface area is 159 Å². The van der Waals surface area contributed by atoms with Crippen LogP contribution in [0.15, 0.2) is 47.6 Å². The molecule has 1 heterocycles. The van der Waals surface area contributed by atoms with Gasteiger partial charge < -0.3 is 10.6 Å². The van der Waals surface area contributed by atoms with E-state index in [0.29, 0.717) is 5.15 Å². The molecule has 2 aromatic rings. The van der Waals surface area contributed by atoms with E-state index >= 15 is 0 Å². The van der Waals surface area contributed by atoms with Gasteiger partial charge in [-0.25, -0.2) is 4.98 Å². The van der Waals surface area contributed by atoms with Crippen LogP contribution in [0.25, 0.3) is 0 Å². The lowest BCUT2D eigenvalue weighted by molar-refractivity contribution is 0.791. The Morgan fingerprint density at radius 3 is 2.61 bits per heavy atom. The summed E-state index contributed by atoms with van der Waals surface area (Å²) >= 11 is 5.77. The first kappa shape index (κ1) is 19.7. The van der Waals surface area contributed by atoms with E-state index in [1.807, 2.05) is 24.3 Å². The van der Waals surface area contributed by atoms with Gasteiger partial charge in [-0.2, -0.15) is 0 Å². The summed E-state index contributed by atoms with van der Waals surface area (Å²) in [5.41, 5.74) is 3.69. The highest BCUT2D eigenvalue weighted by Gasteiger charge is 2.01. The molecule has 0 fully saturated rings. The third kappa shape index (κ3) is 6.74. The zero-order valence-corrected chi connectivity index (χ0v) is 16.4. The highest BCUT2D eigenvalue weighted by atomic mass is 127. The lowest BCUT2D eigenvalue weighted by Gasteiger charge is -2.13. The maximum Gasteiger partial charge on any atom is 0.191 e. The van der Waals surface area contributed by atoms with Crippen LogP contribution in [-0.2, 0) is 13.0 Å². The van der Waals surface area contributed by atoms with Gasteiger partial charge in [-0.3, -0.25) is 4.99 Å². The van der Waals surface area contributed by atoms with Crippen LogP contribution in [0, 0.1) is 6.92 Å². The molecule has 0 saturated carbocycles. The Hall–Kier alpha value is -1.34. The summed E-state index contributed by atoms with van der Waals surface area (Å²) in [6.45, 7) is 3.66. The molecule has 124 valence electrons. The predicted molar refractivity (Wildman–Crippen MR) is 108 cm³/mol. The number of aromatic nitrogens is 1. The van der Waals surface area contributed by atoms with E-state index in [1.54, 1.807) is 13.2 Å². The SMILES string of the molecule is CN=C(NCCc1ccc(Cl)nc1)NCc1ccccc1C.I. The van der Waals surface area contributed by atoms with Crippen molar-refractivity contribution in [3.63, 3.8) is 0 Å². The molecule has 0 amide bonds. The third-order valence-corrected chi connectivity index (χ3v) is 3.65. The molecule has 1 aromatic carbocycles. The molecule has 0 bridgehead atoms. The van der Waals surface area contributed by atoms with Crippen molar-refractivity contribution in [1.82, 2.24) is 15.6 Å². The summed E-state index contributed by atoms with van der Waals surface area (Å²) in [4.78, 5) is 8.31. The standard InChI is InChI=1S/C17H21ClN4.HI/c1-13-5-3-4-6-15(13)12-22-17(19-2)20-10-9-14-7-8-16(18)21-11-14;/h3-8,11H,9-10,12H2,1-2H3,(H2,19,20,22);1H. The van der Waals surface area contributed by atoms with Crippen LogP contribution in [0.1, 0.15) is 16.7 Å². The number of nitrogens with one attached hydrogen (secondary N) is 2. The zero-order valence-electron chi connectivity index (χ0n) is 13.3. The van der Waals surface area contributed by atoms with Crippen LogP contribution in [-0.4, -0.2) is 24.5 Å². The number of pyridine rings is 1. The lowest BCUT2D eigenvalue weighted by Crippen LogP contribution is -2.38. The molecule has 1 aromatic heterocycles. The Morgan fingerprint density at radius 1 is 1.17 bits per heavy atom. The molecular formula is C17H22ClIN4. The average Bonchev–Trinajstić information content (AvgIpc) is 2.54. The van der Waals surface area contributed by atoms with Crippen LogP contribution in [0.3, 0.4) is 0 Å². The molecular weight excluding hydrogens is 423 g/mol. The molecule has 0 unspecified atom stereocenters. The number of hydrogen-bond donors (Lipinski definition) is 2. The zero-order chi connectivity index (χ0) is 15.8. The van der Waals surface area contributed by atoms with Crippen molar-refractivity contribution in [3.8, 4) is 0 Å². The van der Waals surface area contributed by atoms with Gasteiger partial charge in [0.25, 0.3) is 0 Å². The van der Waals surface area contributed by atoms with Crippen LogP contribution in [0.2, 0.25) is 5.15 Å². The van der Waals surface area contributed by atoms with Gasteiger partial charge in [0.2, 0.25) is 0 Å². The first-order valence-electron chi connectivity index (χ1n) is 7.28. The second-order valence-electron chi connectivity index (χ2n) is 5.02. The van der Waals surface area contributed by atoms with Crippen molar-refractivity contribution >= 4 is 41.5 Å². The molecule has 0 aliphatic carbocycles. The molecule has 0 radical (unpaired) electrons. The van der Waals surface area contributed by atoms with Crippen LogP contribution < -0.4 is 10.6 Å². The molecule has 23 heavy (non-hydrogen) atoms. The maximum atomic E-state index is 5.77. The Bertz CT molecular complexity index is 629. The lowest BCUT2D eigenvalue weighted by atomic mass is 10.1. The van der Waals surface area contributed by atoms with Crippen molar-refractivity contribution < 1.29 is 0 Å². The maximum absolute atomic E-state index is 5.77. The normalized spacial score (nSPS) is 10.8. The van der Waals surface area contributed by atoms with E-state index in [4.69, 9.17) is 11.6 Å². The molecule has 0 atom stereocenters. The van der Waals surface area contributed by atoms with E-state index in [-0.39, 0.29) is 24.0 Å². The highest BCUT2D eigenvalue weighted by Crippen LogP contribution is 2.06. The number of hydrogen-bond acceptors (Lipinski definition) is 2. The average molecular weight is 445 g/mol. The summed E-state index contributed by atoms with van der Waals surface area (Å²) in [7, 11) is 1.77. The van der Waals surface area contributed by atoms with Gasteiger partial charge >= 0.3 is 0 Å². The number of rotatable bonds is 5. The topological polar surface area (TPSA) is 49.3 Å². The first-order chi connectivity index (χ1) is 10.7. The van der Waals surface area contributed by atoms with E-state index < -0.39 is 0 Å². The van der Waals surface area contributed by atoms with Crippen LogP contribution in [0.5, 0.6) is 0 Å². The molecule has 6 heteroatoms. The molecule has 0 aliphatic rings. The quantitative estimate of drug-likeness (QED) is 0.321. The number of guanidine groups is 1. The minimum absolute atomic E-state index is 0. The van der Waals surface area contributed by atoms with Crippen molar-refractivity contribution in [3.05, 3.63) is 64.4 Å². The van der Waals surface area contributed by atoms with Crippen molar-refractivity contribution in [2.24, 2.45) is 4.99 Å². The fourth-order valence-electron chi connectivity index (χ4n) is 2.09. The van der Waals surface area contributed by atoms with E-state index in [1.165, 1.54) is 11.1 Å². The van der Waals surface area contributed by atoms with Gasteiger partial charge in [0.05, 0.1) is 0 Å². The van der Waals surface area contributed by atoms with Gasteiger partial charge in [-0.1, -0.05) is 41.9 Å². The smallest absolute Gasteiger partial charge is 0.191 e. The summed E-state index contributed by atoms with van der Waals surface area (Å²) < 4.78 is 0. The molecule has 2 rings (SSSR count). The van der Waals surface area contributed by atoms with Gasteiger partial charge in [0, 0.05) is 26.3 Å². The minimum atomic E-state index is 0. The fraction of sp³-hybridized carbons (Fsp3) is 0.294. The summed E-state index contributed by atoms with van der Waals surface area (Å²) in [5, 5.41) is 7.15. The fourth-order valence-corrected chi connectivity index (χ4v) is 2.20. The minimum Gasteiger partial charge on any atom is -0.356 e. The molecule has 0 spiro atoms. The van der Waals surface area contributed by atoms with Gasteiger partial charge in [-0.15, -0.1) is 24.0 Å².